The summed E-state index contributed by atoms with van der Waals surface area (Å²) in [4.78, 5) is 19.7. The quantitative estimate of drug-likeness (QED) is 0.806. The van der Waals surface area contributed by atoms with Crippen LogP contribution in [0.5, 0.6) is 5.88 Å². The molecule has 2 rings (SSSR count). The minimum Gasteiger partial charge on any atom is -0.468 e. The van der Waals surface area contributed by atoms with Crippen LogP contribution in [0.25, 0.3) is 0 Å². The summed E-state index contributed by atoms with van der Waals surface area (Å²) in [6, 6.07) is 6.11. The molecule has 0 bridgehead atoms. The molecule has 0 spiro atoms. The highest BCUT2D eigenvalue weighted by Crippen LogP contribution is 2.17. The molecular formula is C19H25F3N4O2. The van der Waals surface area contributed by atoms with E-state index < -0.39 is 12.8 Å². The molecule has 0 aliphatic carbocycles. The molecule has 0 aromatic carbocycles. The normalized spacial score (nSPS) is 11.3. The lowest BCUT2D eigenvalue weighted by atomic mass is 10.1. The van der Waals surface area contributed by atoms with Crippen LogP contribution in [0, 0.1) is 6.92 Å². The zero-order valence-corrected chi connectivity index (χ0v) is 16.3. The van der Waals surface area contributed by atoms with Gasteiger partial charge in [0.1, 0.15) is 0 Å². The number of nitrogens with zero attached hydrogens (tertiary/aromatic N) is 2. The maximum Gasteiger partial charge on any atom is 0.422 e. The lowest BCUT2D eigenvalue weighted by Gasteiger charge is -2.09. The molecule has 2 aromatic heterocycles. The van der Waals surface area contributed by atoms with E-state index in [1.807, 2.05) is 20.8 Å². The van der Waals surface area contributed by atoms with Gasteiger partial charge in [-0.3, -0.25) is 9.78 Å². The molecule has 0 unspecified atom stereocenters. The third kappa shape index (κ3) is 11.1. The molecule has 0 radical (unpaired) electrons. The largest absolute Gasteiger partial charge is 0.468 e. The van der Waals surface area contributed by atoms with Crippen molar-refractivity contribution >= 4 is 5.91 Å². The van der Waals surface area contributed by atoms with E-state index >= 15 is 0 Å². The number of hydrogen-bond donors (Lipinski definition) is 2. The Morgan fingerprint density at radius 3 is 2.32 bits per heavy atom. The first-order valence-electron chi connectivity index (χ1n) is 8.48. The minimum atomic E-state index is -4.41. The third-order valence-electron chi connectivity index (χ3n) is 2.79. The van der Waals surface area contributed by atoms with E-state index in [0.717, 1.165) is 5.69 Å². The summed E-state index contributed by atoms with van der Waals surface area (Å²) in [6.07, 6.45) is -1.51. The Bertz CT molecular complexity index is 751. The Kier molecular flexibility index (Phi) is 8.36. The SMILES string of the molecule is CC(C)(C)N.Cc1cc(C(=O)NCc2ccc(OCC(F)(F)F)nc2)ccn1. The Morgan fingerprint density at radius 2 is 1.82 bits per heavy atom. The van der Waals surface area contributed by atoms with Gasteiger partial charge in [0.15, 0.2) is 6.61 Å². The van der Waals surface area contributed by atoms with Crippen LogP contribution in [-0.2, 0) is 6.54 Å². The van der Waals surface area contributed by atoms with Crippen molar-refractivity contribution in [3.8, 4) is 5.88 Å². The van der Waals surface area contributed by atoms with Crippen molar-refractivity contribution in [3.05, 3.63) is 53.5 Å². The fourth-order valence-corrected chi connectivity index (χ4v) is 1.73. The number of alkyl halides is 3. The lowest BCUT2D eigenvalue weighted by Crippen LogP contribution is -2.26. The van der Waals surface area contributed by atoms with Crippen molar-refractivity contribution in [2.75, 3.05) is 6.61 Å². The molecule has 0 aliphatic rings. The maximum absolute atomic E-state index is 12.0. The average Bonchev–Trinajstić information content (AvgIpc) is 2.56. The van der Waals surface area contributed by atoms with E-state index in [-0.39, 0.29) is 23.9 Å². The van der Waals surface area contributed by atoms with Gasteiger partial charge in [-0.05, 0) is 45.4 Å². The van der Waals surface area contributed by atoms with E-state index in [1.165, 1.54) is 18.3 Å². The summed E-state index contributed by atoms with van der Waals surface area (Å²) >= 11 is 0. The zero-order valence-electron chi connectivity index (χ0n) is 16.3. The molecule has 0 fully saturated rings. The first-order valence-corrected chi connectivity index (χ1v) is 8.48. The molecule has 28 heavy (non-hydrogen) atoms. The second-order valence-electron chi connectivity index (χ2n) is 7.14. The predicted molar refractivity (Wildman–Crippen MR) is 99.9 cm³/mol. The number of carbonyl (C=O) groups excluding carboxylic acids is 1. The topological polar surface area (TPSA) is 90.1 Å². The third-order valence-corrected chi connectivity index (χ3v) is 2.79. The van der Waals surface area contributed by atoms with Gasteiger partial charge in [-0.25, -0.2) is 4.98 Å². The summed E-state index contributed by atoms with van der Waals surface area (Å²) in [5.74, 6) is -0.393. The van der Waals surface area contributed by atoms with Crippen LogP contribution in [0.1, 0.15) is 42.4 Å². The minimum absolute atomic E-state index is 0. The number of carbonyl (C=O) groups is 1. The first-order chi connectivity index (χ1) is 12.8. The summed E-state index contributed by atoms with van der Waals surface area (Å²) in [5.41, 5.74) is 7.21. The second-order valence-corrected chi connectivity index (χ2v) is 7.14. The summed E-state index contributed by atoms with van der Waals surface area (Å²) in [6.45, 7) is 6.48. The van der Waals surface area contributed by atoms with Crippen molar-refractivity contribution < 1.29 is 22.7 Å². The summed E-state index contributed by atoms with van der Waals surface area (Å²) in [5, 5.41) is 2.69. The number of hydrogen-bond acceptors (Lipinski definition) is 5. The number of aromatic nitrogens is 2. The van der Waals surface area contributed by atoms with Crippen LogP contribution in [0.3, 0.4) is 0 Å². The zero-order chi connectivity index (χ0) is 21.4. The fraction of sp³-hybridized carbons (Fsp3) is 0.421. The van der Waals surface area contributed by atoms with Gasteiger partial charge >= 0.3 is 6.18 Å². The second kappa shape index (κ2) is 10.0. The molecule has 154 valence electrons. The molecule has 9 heteroatoms. The molecule has 0 atom stereocenters. The van der Waals surface area contributed by atoms with Crippen molar-refractivity contribution in [1.29, 1.82) is 0 Å². The number of halogens is 3. The number of aryl methyl sites for hydroxylation is 1. The van der Waals surface area contributed by atoms with Gasteiger partial charge in [0, 0.05) is 41.8 Å². The highest BCUT2D eigenvalue weighted by atomic mass is 19.4. The van der Waals surface area contributed by atoms with Gasteiger partial charge < -0.3 is 15.8 Å². The van der Waals surface area contributed by atoms with E-state index in [1.54, 1.807) is 25.3 Å². The van der Waals surface area contributed by atoms with E-state index in [0.29, 0.717) is 11.1 Å². The van der Waals surface area contributed by atoms with Crippen molar-refractivity contribution in [2.24, 2.45) is 5.73 Å². The smallest absolute Gasteiger partial charge is 0.422 e. The fourth-order valence-electron chi connectivity index (χ4n) is 1.73. The van der Waals surface area contributed by atoms with Crippen LogP contribution in [0.15, 0.2) is 36.7 Å². The number of amides is 1. The van der Waals surface area contributed by atoms with E-state index in [4.69, 9.17) is 5.73 Å². The molecule has 0 saturated heterocycles. The van der Waals surface area contributed by atoms with Crippen LogP contribution >= 0.6 is 0 Å². The average molecular weight is 398 g/mol. The Morgan fingerprint density at radius 1 is 1.18 bits per heavy atom. The predicted octanol–water partition coefficient (Wildman–Crippen LogP) is 3.40. The number of rotatable bonds is 5. The number of pyridine rings is 2. The molecule has 0 saturated carbocycles. The molecular weight excluding hydrogens is 373 g/mol. The van der Waals surface area contributed by atoms with Crippen molar-refractivity contribution in [3.63, 3.8) is 0 Å². The standard InChI is InChI=1S/C15H14F3N3O2.C4H11N/c1-10-6-12(4-5-19-10)14(22)21-8-11-2-3-13(20-7-11)23-9-15(16,17)18;1-4(2,3)5/h2-7H,8-9H2,1H3,(H,21,22);5H2,1-3H3. The highest BCUT2D eigenvalue weighted by molar-refractivity contribution is 5.94. The maximum atomic E-state index is 12.0. The van der Waals surface area contributed by atoms with E-state index in [9.17, 15) is 18.0 Å². The molecule has 1 amide bonds. The van der Waals surface area contributed by atoms with Gasteiger partial charge in [-0.15, -0.1) is 0 Å². The number of nitrogens with one attached hydrogen (secondary N) is 1. The Hall–Kier alpha value is -2.68. The molecule has 2 aromatic rings. The molecule has 3 N–H and O–H groups in total. The molecule has 2 heterocycles. The number of ether oxygens (including phenoxy) is 1. The van der Waals surface area contributed by atoms with Crippen molar-refractivity contribution in [1.82, 2.24) is 15.3 Å². The lowest BCUT2D eigenvalue weighted by molar-refractivity contribution is -0.154. The monoisotopic (exact) mass is 398 g/mol. The first kappa shape index (κ1) is 23.4. The van der Waals surface area contributed by atoms with Gasteiger partial charge in [0.05, 0.1) is 0 Å². The summed E-state index contributed by atoms with van der Waals surface area (Å²) in [7, 11) is 0. The Labute approximate surface area is 162 Å². The van der Waals surface area contributed by atoms with Crippen LogP contribution in [0.2, 0.25) is 0 Å². The van der Waals surface area contributed by atoms with Gasteiger partial charge in [0.25, 0.3) is 5.91 Å². The van der Waals surface area contributed by atoms with Gasteiger partial charge in [-0.2, -0.15) is 13.2 Å². The van der Waals surface area contributed by atoms with Gasteiger partial charge in [0.2, 0.25) is 5.88 Å². The van der Waals surface area contributed by atoms with Crippen LogP contribution in [-0.4, -0.2) is 34.2 Å². The highest BCUT2D eigenvalue weighted by Gasteiger charge is 2.28. The van der Waals surface area contributed by atoms with Crippen molar-refractivity contribution in [2.45, 2.75) is 46.0 Å². The molecule has 6 nitrogen and oxygen atoms in total. The molecule has 0 aliphatic heterocycles. The summed E-state index contributed by atoms with van der Waals surface area (Å²) < 4.78 is 40.5. The number of nitrogens with two attached hydrogens (primary N) is 1. The van der Waals surface area contributed by atoms with Gasteiger partial charge in [-0.1, -0.05) is 6.07 Å². The Balaban J connectivity index is 0.000000696. The van der Waals surface area contributed by atoms with E-state index in [2.05, 4.69) is 20.0 Å². The van der Waals surface area contributed by atoms with Crippen LogP contribution < -0.4 is 15.8 Å². The van der Waals surface area contributed by atoms with Crippen LogP contribution in [0.4, 0.5) is 13.2 Å².